The lowest BCUT2D eigenvalue weighted by atomic mass is 10.3. The zero-order valence-corrected chi connectivity index (χ0v) is 10.6. The molecule has 88 valence electrons. The number of H-pyrrole nitrogens is 1. The SMILES string of the molecule is O=C(NCCCNC1CC1)c1cc(Br)c[nH]1. The second kappa shape index (κ2) is 5.50. The highest BCUT2D eigenvalue weighted by atomic mass is 79.9. The van der Waals surface area contributed by atoms with Crippen molar-refractivity contribution in [1.82, 2.24) is 15.6 Å². The van der Waals surface area contributed by atoms with E-state index in [0.29, 0.717) is 5.69 Å². The Morgan fingerprint density at radius 2 is 2.31 bits per heavy atom. The molecule has 5 heteroatoms. The van der Waals surface area contributed by atoms with Crippen LogP contribution in [0, 0.1) is 0 Å². The Kier molecular flexibility index (Phi) is 4.01. The van der Waals surface area contributed by atoms with Crippen molar-refractivity contribution >= 4 is 21.8 Å². The molecule has 1 aromatic heterocycles. The maximum atomic E-state index is 11.6. The first-order valence-electron chi connectivity index (χ1n) is 5.61. The number of aromatic nitrogens is 1. The van der Waals surface area contributed by atoms with Crippen LogP contribution in [0.1, 0.15) is 29.8 Å². The minimum atomic E-state index is -0.0443. The molecule has 0 radical (unpaired) electrons. The van der Waals surface area contributed by atoms with E-state index in [0.717, 1.165) is 30.0 Å². The van der Waals surface area contributed by atoms with Crippen molar-refractivity contribution < 1.29 is 4.79 Å². The van der Waals surface area contributed by atoms with Crippen molar-refractivity contribution in [2.45, 2.75) is 25.3 Å². The summed E-state index contributed by atoms with van der Waals surface area (Å²) in [6, 6.07) is 2.52. The number of carbonyl (C=O) groups is 1. The monoisotopic (exact) mass is 285 g/mol. The zero-order chi connectivity index (χ0) is 11.4. The first-order chi connectivity index (χ1) is 7.75. The highest BCUT2D eigenvalue weighted by molar-refractivity contribution is 9.10. The number of rotatable bonds is 6. The van der Waals surface area contributed by atoms with Crippen molar-refractivity contribution in [2.24, 2.45) is 0 Å². The molecule has 4 nitrogen and oxygen atoms in total. The fraction of sp³-hybridized carbons (Fsp3) is 0.545. The molecule has 1 saturated carbocycles. The Morgan fingerprint density at radius 3 is 2.94 bits per heavy atom. The maximum Gasteiger partial charge on any atom is 0.267 e. The molecule has 1 heterocycles. The van der Waals surface area contributed by atoms with Gasteiger partial charge in [0.25, 0.3) is 5.91 Å². The van der Waals surface area contributed by atoms with Gasteiger partial charge in [-0.15, -0.1) is 0 Å². The Balaban J connectivity index is 1.59. The molecule has 1 fully saturated rings. The van der Waals surface area contributed by atoms with Crippen molar-refractivity contribution in [3.05, 3.63) is 22.4 Å². The summed E-state index contributed by atoms with van der Waals surface area (Å²) in [5.41, 5.74) is 0.599. The summed E-state index contributed by atoms with van der Waals surface area (Å²) in [4.78, 5) is 14.5. The molecule has 1 aliphatic rings. The topological polar surface area (TPSA) is 56.9 Å². The van der Waals surface area contributed by atoms with Crippen LogP contribution in [-0.2, 0) is 0 Å². The molecule has 3 N–H and O–H groups in total. The van der Waals surface area contributed by atoms with E-state index in [-0.39, 0.29) is 5.91 Å². The predicted molar refractivity (Wildman–Crippen MR) is 66.5 cm³/mol. The van der Waals surface area contributed by atoms with Crippen molar-refractivity contribution in [3.63, 3.8) is 0 Å². The van der Waals surface area contributed by atoms with Gasteiger partial charge in [0.2, 0.25) is 0 Å². The number of aromatic amines is 1. The minimum Gasteiger partial charge on any atom is -0.356 e. The molecule has 0 atom stereocenters. The normalized spacial score (nSPS) is 15.1. The van der Waals surface area contributed by atoms with Crippen molar-refractivity contribution in [1.29, 1.82) is 0 Å². The zero-order valence-electron chi connectivity index (χ0n) is 9.05. The number of carbonyl (C=O) groups excluding carboxylic acids is 1. The second-order valence-corrected chi connectivity index (χ2v) is 4.99. The molecule has 0 aliphatic heterocycles. The van der Waals surface area contributed by atoms with E-state index >= 15 is 0 Å². The summed E-state index contributed by atoms with van der Waals surface area (Å²) in [5, 5.41) is 6.28. The second-order valence-electron chi connectivity index (χ2n) is 4.07. The van der Waals surface area contributed by atoms with Crippen LogP contribution in [0.2, 0.25) is 0 Å². The molecule has 0 saturated heterocycles. The maximum absolute atomic E-state index is 11.6. The Labute approximate surface area is 103 Å². The van der Waals surface area contributed by atoms with Gasteiger partial charge in [-0.1, -0.05) is 0 Å². The third-order valence-corrected chi connectivity index (χ3v) is 3.00. The summed E-state index contributed by atoms with van der Waals surface area (Å²) in [6.07, 6.45) is 5.35. The lowest BCUT2D eigenvalue weighted by Crippen LogP contribution is -2.28. The van der Waals surface area contributed by atoms with E-state index in [1.54, 1.807) is 12.3 Å². The largest absolute Gasteiger partial charge is 0.356 e. The van der Waals surface area contributed by atoms with Gasteiger partial charge in [0, 0.05) is 23.3 Å². The molecular weight excluding hydrogens is 270 g/mol. The molecule has 0 unspecified atom stereocenters. The third-order valence-electron chi connectivity index (χ3n) is 2.54. The van der Waals surface area contributed by atoms with Crippen LogP contribution in [0.3, 0.4) is 0 Å². The quantitative estimate of drug-likeness (QED) is 0.696. The molecule has 0 bridgehead atoms. The number of amides is 1. The summed E-state index contributed by atoms with van der Waals surface area (Å²) in [6.45, 7) is 1.70. The van der Waals surface area contributed by atoms with E-state index in [1.165, 1.54) is 12.8 Å². The van der Waals surface area contributed by atoms with Gasteiger partial charge in [0.05, 0.1) is 0 Å². The van der Waals surface area contributed by atoms with E-state index in [1.807, 2.05) is 0 Å². The van der Waals surface area contributed by atoms with Crippen LogP contribution in [0.5, 0.6) is 0 Å². The molecular formula is C11H16BrN3O. The molecule has 2 rings (SSSR count). The number of hydrogen-bond donors (Lipinski definition) is 3. The van der Waals surface area contributed by atoms with Gasteiger partial charge >= 0.3 is 0 Å². The Morgan fingerprint density at radius 1 is 1.50 bits per heavy atom. The predicted octanol–water partition coefficient (Wildman–Crippen LogP) is 1.65. The summed E-state index contributed by atoms with van der Waals surface area (Å²) in [7, 11) is 0. The summed E-state index contributed by atoms with van der Waals surface area (Å²) in [5.74, 6) is -0.0443. The average molecular weight is 286 g/mol. The Hall–Kier alpha value is -0.810. The van der Waals surface area contributed by atoms with Gasteiger partial charge in [-0.2, -0.15) is 0 Å². The van der Waals surface area contributed by atoms with Crippen LogP contribution in [0.15, 0.2) is 16.7 Å². The van der Waals surface area contributed by atoms with Crippen LogP contribution >= 0.6 is 15.9 Å². The summed E-state index contributed by atoms with van der Waals surface area (Å²) >= 11 is 3.30. The smallest absolute Gasteiger partial charge is 0.267 e. The first kappa shape index (κ1) is 11.7. The standard InChI is InChI=1S/C11H16BrN3O/c12-8-6-10(15-7-8)11(16)14-5-1-4-13-9-2-3-9/h6-7,9,13,15H,1-5H2,(H,14,16). The third kappa shape index (κ3) is 3.64. The van der Waals surface area contributed by atoms with Gasteiger partial charge in [-0.05, 0) is 47.8 Å². The molecule has 16 heavy (non-hydrogen) atoms. The summed E-state index contributed by atoms with van der Waals surface area (Å²) < 4.78 is 0.896. The van der Waals surface area contributed by atoms with Crippen LogP contribution < -0.4 is 10.6 Å². The van der Waals surface area contributed by atoms with Crippen molar-refractivity contribution in [2.75, 3.05) is 13.1 Å². The van der Waals surface area contributed by atoms with Crippen LogP contribution in [0.4, 0.5) is 0 Å². The molecule has 1 aromatic rings. The van der Waals surface area contributed by atoms with Gasteiger partial charge < -0.3 is 15.6 Å². The van der Waals surface area contributed by atoms with E-state index < -0.39 is 0 Å². The lowest BCUT2D eigenvalue weighted by Gasteiger charge is -2.04. The van der Waals surface area contributed by atoms with Crippen molar-refractivity contribution in [3.8, 4) is 0 Å². The van der Waals surface area contributed by atoms with E-state index in [9.17, 15) is 4.79 Å². The lowest BCUT2D eigenvalue weighted by molar-refractivity contribution is 0.0949. The van der Waals surface area contributed by atoms with E-state index in [4.69, 9.17) is 0 Å². The highest BCUT2D eigenvalue weighted by Gasteiger charge is 2.19. The fourth-order valence-corrected chi connectivity index (χ4v) is 1.82. The molecule has 1 amide bonds. The number of nitrogens with one attached hydrogen (secondary N) is 3. The number of hydrogen-bond acceptors (Lipinski definition) is 2. The van der Waals surface area contributed by atoms with Gasteiger partial charge in [-0.25, -0.2) is 0 Å². The van der Waals surface area contributed by atoms with Gasteiger partial charge in [-0.3, -0.25) is 4.79 Å². The first-order valence-corrected chi connectivity index (χ1v) is 6.40. The minimum absolute atomic E-state index is 0.0443. The molecule has 0 aromatic carbocycles. The fourth-order valence-electron chi connectivity index (χ4n) is 1.48. The Bertz CT molecular complexity index is 360. The molecule has 1 aliphatic carbocycles. The van der Waals surface area contributed by atoms with Gasteiger partial charge in [0.15, 0.2) is 0 Å². The highest BCUT2D eigenvalue weighted by Crippen LogP contribution is 2.18. The average Bonchev–Trinajstić information content (AvgIpc) is 2.99. The molecule has 0 spiro atoms. The van der Waals surface area contributed by atoms with Crippen LogP contribution in [0.25, 0.3) is 0 Å². The number of halogens is 1. The van der Waals surface area contributed by atoms with Crippen LogP contribution in [-0.4, -0.2) is 30.0 Å². The van der Waals surface area contributed by atoms with Gasteiger partial charge in [0.1, 0.15) is 5.69 Å². The van der Waals surface area contributed by atoms with E-state index in [2.05, 4.69) is 31.5 Å².